The molecule has 38 valence electrons. The van der Waals surface area contributed by atoms with E-state index in [1.165, 1.54) is 0 Å². The third-order valence-electron chi connectivity index (χ3n) is 0. The largest absolute Gasteiger partial charge is 0.323 e. The van der Waals surface area contributed by atoms with E-state index in [1.54, 1.807) is 0 Å². The molecule has 0 aromatic carbocycles. The summed E-state index contributed by atoms with van der Waals surface area (Å²) in [5.74, 6) is 0. The molecule has 0 aromatic rings. The van der Waals surface area contributed by atoms with Crippen LogP contribution in [0.1, 0.15) is 0 Å². The quantitative estimate of drug-likeness (QED) is 0.170. The SMILES string of the molecule is OO.[CH2-]P.[Ni]. The first-order chi connectivity index (χ1) is 2.00. The van der Waals surface area contributed by atoms with Gasteiger partial charge in [0.05, 0.1) is 0 Å². The Morgan fingerprint density at radius 1 is 1.20 bits per heavy atom. The van der Waals surface area contributed by atoms with Gasteiger partial charge in [-0.1, -0.05) is 0 Å². The van der Waals surface area contributed by atoms with E-state index in [9.17, 15) is 0 Å². The van der Waals surface area contributed by atoms with Crippen molar-refractivity contribution in [1.82, 2.24) is 0 Å². The van der Waals surface area contributed by atoms with Gasteiger partial charge in [0.1, 0.15) is 0 Å². The zero-order valence-corrected chi connectivity index (χ0v) is 4.64. The van der Waals surface area contributed by atoms with E-state index in [0.29, 0.717) is 0 Å². The molecule has 0 fully saturated rings. The summed E-state index contributed by atoms with van der Waals surface area (Å²) in [4.78, 5) is 0. The van der Waals surface area contributed by atoms with Crippen LogP contribution in [0.25, 0.3) is 0 Å². The van der Waals surface area contributed by atoms with Crippen molar-refractivity contribution in [3.05, 3.63) is 6.66 Å². The maximum atomic E-state index is 6.00. The smallest absolute Gasteiger partial charge is 0 e. The molecule has 0 spiro atoms. The van der Waals surface area contributed by atoms with Crippen molar-refractivity contribution in [2.45, 2.75) is 0 Å². The van der Waals surface area contributed by atoms with Crippen LogP contribution in [0.2, 0.25) is 0 Å². The van der Waals surface area contributed by atoms with E-state index in [4.69, 9.17) is 10.5 Å². The summed E-state index contributed by atoms with van der Waals surface area (Å²) in [5.41, 5.74) is 0. The standard InChI is InChI=1S/CH4P.Ni.H2O2/c1-2;;1-2/h1-2H2;;1-2H/q-1;;. The van der Waals surface area contributed by atoms with E-state index in [1.807, 2.05) is 0 Å². The van der Waals surface area contributed by atoms with Crippen LogP contribution >= 0.6 is 9.24 Å². The van der Waals surface area contributed by atoms with Crippen LogP contribution < -0.4 is 0 Å². The van der Waals surface area contributed by atoms with E-state index in [2.05, 4.69) is 15.9 Å². The van der Waals surface area contributed by atoms with Crippen LogP contribution in [0.4, 0.5) is 0 Å². The van der Waals surface area contributed by atoms with E-state index in [0.717, 1.165) is 0 Å². The van der Waals surface area contributed by atoms with E-state index >= 15 is 0 Å². The summed E-state index contributed by atoms with van der Waals surface area (Å²) in [6.45, 7) is 3.17. The molecular formula is CH6NiO2P-. The van der Waals surface area contributed by atoms with Gasteiger partial charge in [0.25, 0.3) is 0 Å². The topological polar surface area (TPSA) is 40.5 Å². The van der Waals surface area contributed by atoms with Crippen molar-refractivity contribution in [2.75, 3.05) is 0 Å². The number of hydrogen-bond donors (Lipinski definition) is 2. The van der Waals surface area contributed by atoms with Gasteiger partial charge < -0.3 is 15.9 Å². The molecule has 0 aliphatic rings. The summed E-state index contributed by atoms with van der Waals surface area (Å²) < 4.78 is 0. The van der Waals surface area contributed by atoms with Crippen LogP contribution in [0.3, 0.4) is 0 Å². The fourth-order valence-electron chi connectivity index (χ4n) is 0. The molecule has 0 aliphatic heterocycles. The Morgan fingerprint density at radius 3 is 1.20 bits per heavy atom. The van der Waals surface area contributed by atoms with Crippen LogP contribution in [0.5, 0.6) is 0 Å². The Morgan fingerprint density at radius 2 is 1.20 bits per heavy atom. The van der Waals surface area contributed by atoms with E-state index in [-0.39, 0.29) is 16.5 Å². The van der Waals surface area contributed by atoms with Gasteiger partial charge in [0.2, 0.25) is 0 Å². The fourth-order valence-corrected chi connectivity index (χ4v) is 0. The summed E-state index contributed by atoms with van der Waals surface area (Å²) in [6.07, 6.45) is 0. The van der Waals surface area contributed by atoms with Crippen LogP contribution in [-0.4, -0.2) is 10.5 Å². The summed E-state index contributed by atoms with van der Waals surface area (Å²) >= 11 is 0. The zero-order chi connectivity index (χ0) is 4.00. The second kappa shape index (κ2) is 101. The average Bonchev–Trinajstić information content (AvgIpc) is 1.50. The van der Waals surface area contributed by atoms with Gasteiger partial charge in [-0.15, -0.1) is 0 Å². The maximum Gasteiger partial charge on any atom is 0 e. The molecule has 1 atom stereocenters. The molecule has 0 aromatic heterocycles. The second-order valence-electron chi connectivity index (χ2n) is 0. The average molecular weight is 140 g/mol. The first-order valence-corrected chi connectivity index (χ1v) is 1.42. The summed E-state index contributed by atoms with van der Waals surface area (Å²) in [7, 11) is 2.17. The second-order valence-corrected chi connectivity index (χ2v) is 0. The van der Waals surface area contributed by atoms with Crippen molar-refractivity contribution < 1.29 is 27.0 Å². The Hall–Kier alpha value is 0.844. The normalized spacial score (nSPS) is 2.40. The molecule has 0 bridgehead atoms. The third-order valence-corrected chi connectivity index (χ3v) is 0. The monoisotopic (exact) mass is 139 g/mol. The van der Waals surface area contributed by atoms with Gasteiger partial charge in [0, 0.05) is 16.5 Å². The van der Waals surface area contributed by atoms with Crippen molar-refractivity contribution in [2.24, 2.45) is 0 Å². The van der Waals surface area contributed by atoms with Crippen molar-refractivity contribution in [3.63, 3.8) is 0 Å². The fraction of sp³-hybridized carbons (Fsp3) is 0. The molecule has 0 aliphatic carbocycles. The molecule has 2 N–H and O–H groups in total. The first-order valence-electron chi connectivity index (χ1n) is 0.608. The summed E-state index contributed by atoms with van der Waals surface area (Å²) in [6, 6.07) is 0. The molecular weight excluding hydrogens is 134 g/mol. The van der Waals surface area contributed by atoms with Gasteiger partial charge in [-0.2, -0.15) is 0 Å². The van der Waals surface area contributed by atoms with Crippen LogP contribution in [0.15, 0.2) is 0 Å². The molecule has 0 saturated carbocycles. The van der Waals surface area contributed by atoms with Gasteiger partial charge in [-0.05, 0) is 0 Å². The van der Waals surface area contributed by atoms with Gasteiger partial charge >= 0.3 is 0 Å². The minimum atomic E-state index is 0. The predicted molar refractivity (Wildman–Crippen MR) is 20.3 cm³/mol. The first kappa shape index (κ1) is 17.0. The Kier molecular flexibility index (Phi) is 341. The van der Waals surface area contributed by atoms with Gasteiger partial charge in [-0.3, -0.25) is 10.5 Å². The van der Waals surface area contributed by atoms with Crippen LogP contribution in [0, 0.1) is 6.66 Å². The Bertz CT molecular complexity index is 9.61. The van der Waals surface area contributed by atoms with Crippen molar-refractivity contribution in [1.29, 1.82) is 0 Å². The molecule has 4 heteroatoms. The molecule has 0 saturated heterocycles. The maximum absolute atomic E-state index is 6.00. The van der Waals surface area contributed by atoms with Gasteiger partial charge in [-0.25, -0.2) is 0 Å². The van der Waals surface area contributed by atoms with E-state index < -0.39 is 0 Å². The molecule has 1 unspecified atom stereocenters. The molecule has 0 heterocycles. The van der Waals surface area contributed by atoms with Crippen molar-refractivity contribution >= 4 is 9.24 Å². The summed E-state index contributed by atoms with van der Waals surface area (Å²) in [5, 5.41) is 12.0. The minimum absolute atomic E-state index is 0. The molecule has 5 heavy (non-hydrogen) atoms. The minimum Gasteiger partial charge on any atom is -0.323 e. The molecule has 2 nitrogen and oxygen atoms in total. The molecule has 0 radical (unpaired) electrons. The predicted octanol–water partition coefficient (Wildman–Crippen LogP) is 0.668. The molecule has 0 rings (SSSR count). The zero-order valence-electron chi connectivity index (χ0n) is 2.50. The van der Waals surface area contributed by atoms with Crippen molar-refractivity contribution in [3.8, 4) is 0 Å². The number of rotatable bonds is 0. The Balaban J connectivity index is -0.0000000133. The molecule has 0 amide bonds. The number of hydrogen-bond acceptors (Lipinski definition) is 2. The van der Waals surface area contributed by atoms with Gasteiger partial charge in [0.15, 0.2) is 0 Å². The third kappa shape index (κ3) is 55.0. The Labute approximate surface area is 43.6 Å². The van der Waals surface area contributed by atoms with Crippen LogP contribution in [-0.2, 0) is 16.5 Å².